The van der Waals surface area contributed by atoms with Crippen LogP contribution in [0.1, 0.15) is 27.7 Å². The van der Waals surface area contributed by atoms with Gasteiger partial charge in [0, 0.05) is 29.1 Å². The molecule has 2 nitrogen and oxygen atoms in total. The zero-order chi connectivity index (χ0) is 15.1. The van der Waals surface area contributed by atoms with Crippen molar-refractivity contribution in [3.8, 4) is 0 Å². The van der Waals surface area contributed by atoms with E-state index >= 15 is 0 Å². The van der Waals surface area contributed by atoms with Crippen LogP contribution in [0.25, 0.3) is 0 Å². The summed E-state index contributed by atoms with van der Waals surface area (Å²) >= 11 is 9.76. The summed E-state index contributed by atoms with van der Waals surface area (Å²) in [5, 5.41) is 4.02. The molecule has 1 atom stereocenters. The van der Waals surface area contributed by atoms with E-state index in [1.54, 1.807) is 0 Å². The fourth-order valence-electron chi connectivity index (χ4n) is 2.74. The number of hydrogen-bond donors (Lipinski definition) is 1. The lowest BCUT2D eigenvalue weighted by Gasteiger charge is -2.48. The Balaban J connectivity index is 2.46. The molecule has 1 aromatic rings. The van der Waals surface area contributed by atoms with E-state index in [4.69, 9.17) is 11.6 Å². The van der Waals surface area contributed by atoms with E-state index < -0.39 is 0 Å². The van der Waals surface area contributed by atoms with Crippen LogP contribution in [0.5, 0.6) is 0 Å². The molecule has 0 saturated carbocycles. The summed E-state index contributed by atoms with van der Waals surface area (Å²) in [5.74, 6) is 0.160. The quantitative estimate of drug-likeness (QED) is 0.835. The monoisotopic (exact) mass is 362 g/mol. The average molecular weight is 364 g/mol. The highest BCUT2D eigenvalue weighted by molar-refractivity contribution is 9.10. The predicted molar refractivity (Wildman–Crippen MR) is 87.2 cm³/mol. The Morgan fingerprint density at radius 2 is 2.10 bits per heavy atom. The van der Waals surface area contributed by atoms with Gasteiger partial charge in [0.2, 0.25) is 0 Å². The number of rotatable bonds is 2. The molecule has 1 aliphatic rings. The van der Waals surface area contributed by atoms with Crippen molar-refractivity contribution in [3.63, 3.8) is 0 Å². The molecule has 1 fully saturated rings. The Morgan fingerprint density at radius 1 is 1.45 bits per heavy atom. The van der Waals surface area contributed by atoms with Gasteiger partial charge < -0.3 is 10.2 Å². The summed E-state index contributed by atoms with van der Waals surface area (Å²) < 4.78 is 14.2. The summed E-state index contributed by atoms with van der Waals surface area (Å²) in [7, 11) is 0. The topological polar surface area (TPSA) is 15.3 Å². The second kappa shape index (κ2) is 5.82. The minimum Gasteiger partial charge on any atom is -0.363 e. The van der Waals surface area contributed by atoms with Crippen LogP contribution in [-0.4, -0.2) is 24.7 Å². The van der Waals surface area contributed by atoms with E-state index in [9.17, 15) is 4.39 Å². The second-order valence-electron chi connectivity index (χ2n) is 6.42. The Hall–Kier alpha value is -0.320. The molecule has 1 aromatic carbocycles. The van der Waals surface area contributed by atoms with Crippen LogP contribution < -0.4 is 10.2 Å². The number of nitrogens with one attached hydrogen (secondary N) is 1. The predicted octanol–water partition coefficient (Wildman–Crippen LogP) is 4.45. The van der Waals surface area contributed by atoms with Gasteiger partial charge in [-0.05, 0) is 47.8 Å². The molecule has 20 heavy (non-hydrogen) atoms. The van der Waals surface area contributed by atoms with Crippen LogP contribution in [0.3, 0.4) is 0 Å². The molecule has 1 unspecified atom stereocenters. The summed E-state index contributed by atoms with van der Waals surface area (Å²) in [6.45, 7) is 10.5. The van der Waals surface area contributed by atoms with Crippen molar-refractivity contribution in [2.45, 2.75) is 39.3 Å². The lowest BCUT2D eigenvalue weighted by molar-refractivity contribution is 0.277. The third kappa shape index (κ3) is 3.29. The number of halogens is 3. The van der Waals surface area contributed by atoms with Crippen LogP contribution in [0, 0.1) is 11.7 Å². The van der Waals surface area contributed by atoms with Crippen molar-refractivity contribution in [2.75, 3.05) is 18.0 Å². The second-order valence-corrected chi connectivity index (χ2v) is 7.68. The van der Waals surface area contributed by atoms with Gasteiger partial charge in [-0.2, -0.15) is 0 Å². The largest absolute Gasteiger partial charge is 0.363 e. The molecular formula is C15H21BrClFN2. The summed E-state index contributed by atoms with van der Waals surface area (Å²) in [6, 6.07) is 3.20. The fraction of sp³-hybridized carbons (Fsp3) is 0.600. The molecule has 0 aliphatic carbocycles. The van der Waals surface area contributed by atoms with Gasteiger partial charge in [-0.3, -0.25) is 0 Å². The normalized spacial score (nSPS) is 22.4. The van der Waals surface area contributed by atoms with Gasteiger partial charge in [0.25, 0.3) is 0 Å². The molecule has 0 radical (unpaired) electrons. The molecule has 0 aromatic heterocycles. The van der Waals surface area contributed by atoms with E-state index in [1.807, 2.05) is 0 Å². The molecule has 1 heterocycles. The van der Waals surface area contributed by atoms with Crippen molar-refractivity contribution in [1.29, 1.82) is 0 Å². The van der Waals surface area contributed by atoms with Gasteiger partial charge >= 0.3 is 0 Å². The SMILES string of the molecule is CC(C)C1CNC(C)(C)CN1c1c(Cl)cc(F)cc1Br. The van der Waals surface area contributed by atoms with Crippen LogP contribution in [-0.2, 0) is 0 Å². The first-order chi connectivity index (χ1) is 9.21. The highest BCUT2D eigenvalue weighted by Crippen LogP contribution is 2.38. The zero-order valence-corrected chi connectivity index (χ0v) is 14.6. The first-order valence-corrected chi connectivity index (χ1v) is 8.04. The summed E-state index contributed by atoms with van der Waals surface area (Å²) in [6.07, 6.45) is 0. The van der Waals surface area contributed by atoms with E-state index in [1.165, 1.54) is 12.1 Å². The van der Waals surface area contributed by atoms with Gasteiger partial charge in [0.05, 0.1) is 10.7 Å². The molecular weight excluding hydrogens is 343 g/mol. The van der Waals surface area contributed by atoms with Gasteiger partial charge in [0.1, 0.15) is 5.82 Å². The van der Waals surface area contributed by atoms with Gasteiger partial charge in [-0.15, -0.1) is 0 Å². The maximum atomic E-state index is 13.4. The zero-order valence-electron chi connectivity index (χ0n) is 12.3. The van der Waals surface area contributed by atoms with Gasteiger partial charge in [0.15, 0.2) is 0 Å². The van der Waals surface area contributed by atoms with Crippen molar-refractivity contribution in [2.24, 2.45) is 5.92 Å². The molecule has 112 valence electrons. The van der Waals surface area contributed by atoms with Crippen molar-refractivity contribution in [3.05, 3.63) is 27.4 Å². The molecule has 1 saturated heterocycles. The standard InChI is InChI=1S/C15H21BrClFN2/c1-9(2)13-7-19-15(3,4)8-20(13)14-11(16)5-10(18)6-12(14)17/h5-6,9,13,19H,7-8H2,1-4H3. The van der Waals surface area contributed by atoms with Crippen LogP contribution >= 0.6 is 27.5 Å². The third-order valence-electron chi connectivity index (χ3n) is 3.79. The van der Waals surface area contributed by atoms with Crippen molar-refractivity contribution < 1.29 is 4.39 Å². The average Bonchev–Trinajstić information content (AvgIpc) is 2.25. The molecule has 5 heteroatoms. The van der Waals surface area contributed by atoms with E-state index in [0.29, 0.717) is 21.5 Å². The van der Waals surface area contributed by atoms with Crippen molar-refractivity contribution >= 4 is 33.2 Å². The van der Waals surface area contributed by atoms with E-state index in [-0.39, 0.29) is 11.4 Å². The molecule has 1 aliphatic heterocycles. The van der Waals surface area contributed by atoms with Crippen LogP contribution in [0.4, 0.5) is 10.1 Å². The Kier molecular flexibility index (Phi) is 4.67. The molecule has 0 spiro atoms. The van der Waals surface area contributed by atoms with Crippen molar-refractivity contribution in [1.82, 2.24) is 5.32 Å². The number of benzene rings is 1. The Morgan fingerprint density at radius 3 is 2.65 bits per heavy atom. The Bertz CT molecular complexity index is 482. The first kappa shape index (κ1) is 16.1. The minimum atomic E-state index is -0.318. The fourth-order valence-corrected chi connectivity index (χ4v) is 3.83. The first-order valence-electron chi connectivity index (χ1n) is 6.87. The smallest absolute Gasteiger partial charge is 0.125 e. The van der Waals surface area contributed by atoms with E-state index in [0.717, 1.165) is 18.8 Å². The Labute approximate surface area is 133 Å². The highest BCUT2D eigenvalue weighted by atomic mass is 79.9. The number of hydrogen-bond acceptors (Lipinski definition) is 2. The molecule has 0 bridgehead atoms. The molecule has 1 N–H and O–H groups in total. The number of piperazine rings is 1. The lowest BCUT2D eigenvalue weighted by atomic mass is 9.92. The molecule has 0 amide bonds. The maximum Gasteiger partial charge on any atom is 0.125 e. The third-order valence-corrected chi connectivity index (χ3v) is 4.69. The van der Waals surface area contributed by atoms with Crippen LogP contribution in [0.15, 0.2) is 16.6 Å². The summed E-state index contributed by atoms with van der Waals surface area (Å²) in [4.78, 5) is 2.30. The van der Waals surface area contributed by atoms with Gasteiger partial charge in [-0.25, -0.2) is 4.39 Å². The maximum absolute atomic E-state index is 13.4. The molecule has 2 rings (SSSR count). The number of nitrogens with zero attached hydrogens (tertiary/aromatic N) is 1. The van der Waals surface area contributed by atoms with Crippen LogP contribution in [0.2, 0.25) is 5.02 Å². The highest BCUT2D eigenvalue weighted by Gasteiger charge is 2.35. The lowest BCUT2D eigenvalue weighted by Crippen LogP contribution is -2.63. The minimum absolute atomic E-state index is 0.00252. The summed E-state index contributed by atoms with van der Waals surface area (Å²) in [5.41, 5.74) is 0.893. The van der Waals surface area contributed by atoms with E-state index in [2.05, 4.69) is 53.8 Å². The number of anilines is 1. The van der Waals surface area contributed by atoms with Gasteiger partial charge in [-0.1, -0.05) is 25.4 Å².